The fourth-order valence-electron chi connectivity index (χ4n) is 10.7. The molecule has 1 unspecified atom stereocenters. The van der Waals surface area contributed by atoms with Crippen molar-refractivity contribution in [3.63, 3.8) is 0 Å². The zero-order chi connectivity index (χ0) is 74.3. The van der Waals surface area contributed by atoms with E-state index in [0.29, 0.717) is 23.6 Å². The van der Waals surface area contributed by atoms with E-state index < -0.39 is 96.1 Å². The van der Waals surface area contributed by atoms with E-state index in [4.69, 9.17) is 56.3 Å². The number of benzene rings is 9. The summed E-state index contributed by atoms with van der Waals surface area (Å²) >= 11 is 4.11. The first kappa shape index (κ1) is 85.9. The molecule has 13 rings (SSSR count). The molecule has 0 bridgehead atoms. The van der Waals surface area contributed by atoms with Crippen molar-refractivity contribution < 1.29 is 56.0 Å². The second kappa shape index (κ2) is 45.5. The Hall–Kier alpha value is -6.34. The number of aliphatic imine (C=N–C) groups is 4. The van der Waals surface area contributed by atoms with Crippen molar-refractivity contribution in [1.29, 1.82) is 0 Å². The summed E-state index contributed by atoms with van der Waals surface area (Å²) in [4.78, 5) is 22.7. The molecule has 11 atom stereocenters. The molecule has 0 saturated heterocycles. The maximum absolute atomic E-state index is 13.3. The molecule has 4 aliphatic heterocycles. The summed E-state index contributed by atoms with van der Waals surface area (Å²) < 4.78 is 87.2. The first-order valence-electron chi connectivity index (χ1n) is 32.5. The fourth-order valence-corrected chi connectivity index (χ4v) is 12.9. The Kier molecular flexibility index (Phi) is 37.2. The van der Waals surface area contributed by atoms with Gasteiger partial charge in [0.25, 0.3) is 0 Å². The van der Waals surface area contributed by atoms with Crippen LogP contribution in [-0.4, -0.2) is 154 Å². The van der Waals surface area contributed by atoms with E-state index in [9.17, 15) is 32.0 Å². The van der Waals surface area contributed by atoms with Gasteiger partial charge < -0.3 is 40.0 Å². The van der Waals surface area contributed by atoms with Crippen LogP contribution in [0, 0.1) is 0 Å². The van der Waals surface area contributed by atoms with E-state index in [0.717, 1.165) is 76.5 Å². The molecule has 9 aromatic carbocycles. The third kappa shape index (κ3) is 25.6. The number of aliphatic hydroxyl groups is 3. The number of nitrogens with zero attached hydrogens (tertiary/aromatic N) is 4. The summed E-state index contributed by atoms with van der Waals surface area (Å²) in [6.45, 7) is -1.92. The molecule has 105 heavy (non-hydrogen) atoms. The molecule has 0 saturated carbocycles. The standard InChI is InChI=1S/C17H15F2NOS.C17H16FNO2S.C17H16FNOS.C17H17NO2S.C10H15NO2S.CH4.3ClH.Sb/c18-10-15-16(12-6-8-14(9-7-12)22-11-19)21-17(20-15)13-4-2-1-3-5-13;1-22(20)14-9-7-12(8-10-14)16-15(11-18)19-17(21-16)13-5-3-2-4-6-13;1-21-14-9-7-12(8-10-14)16-15(11-18)19-17(20-16)13-5-3-2-4-6-13;1-21-14-9-7-12(8-10-14)16-15(11-19)18-17(20-16)13-5-3-2-4-6-13;1-14-8-4-2-7(3-5-8)10(13)9(11)6-12;;;;;/h1-9,15-16H,10-11H2;2-10,15-16H,11H2,1H3;2-10,15-16H,11H2,1H3;2-10,15-16,19H,11H2,1H3;2-5,9-10,12-13H,6,11H2,1H3;1H4;3*1H;/q;;;;;;;;;+3/p-3/t15-,16-;15-,16-,22?;2*15-,16-;9-,10-;;;;;/m11111...../s1. The number of ether oxygens (including phenoxy) is 4. The number of aliphatic hydroxyl groups excluding tert-OH is 3. The molecule has 4 heterocycles. The summed E-state index contributed by atoms with van der Waals surface area (Å²) in [5.41, 5.74) is 13.5. The van der Waals surface area contributed by atoms with Gasteiger partial charge in [0.1, 0.15) is 50.2 Å². The van der Waals surface area contributed by atoms with Gasteiger partial charge in [0.05, 0.1) is 25.4 Å². The third-order valence-corrected chi connectivity index (χ3v) is 20.0. The Bertz CT molecular complexity index is 4060. The second-order valence-electron chi connectivity index (χ2n) is 22.9. The van der Waals surface area contributed by atoms with Crippen molar-refractivity contribution in [1.82, 2.24) is 0 Å². The van der Waals surface area contributed by atoms with Crippen LogP contribution in [0.15, 0.2) is 287 Å². The van der Waals surface area contributed by atoms with Gasteiger partial charge in [-0.1, -0.05) is 153 Å². The van der Waals surface area contributed by atoms with Gasteiger partial charge >= 0.3 is 43.3 Å². The Morgan fingerprint density at radius 3 is 0.971 bits per heavy atom. The first-order valence-corrected chi connectivity index (χ1v) is 48.4. The zero-order valence-corrected chi connectivity index (χ0v) is 65.9. The minimum atomic E-state index is -2.03. The van der Waals surface area contributed by atoms with Crippen molar-refractivity contribution in [3.05, 3.63) is 293 Å². The topological polar surface area (TPSA) is 190 Å². The van der Waals surface area contributed by atoms with E-state index in [1.165, 1.54) is 9.79 Å². The summed E-state index contributed by atoms with van der Waals surface area (Å²) in [7, 11) is 13.9. The molecular weight excluding hydrogens is 1610 g/mol. The molecule has 26 heteroatoms. The number of hydrogen-bond acceptors (Lipinski definition) is 17. The molecule has 0 spiro atoms. The van der Waals surface area contributed by atoms with Crippen LogP contribution in [0.2, 0.25) is 0 Å². The summed E-state index contributed by atoms with van der Waals surface area (Å²) in [5, 5.41) is 28.0. The molecule has 0 aliphatic carbocycles. The Morgan fingerprint density at radius 2 is 0.714 bits per heavy atom. The maximum atomic E-state index is 13.3. The molecule has 0 fully saturated rings. The van der Waals surface area contributed by atoms with Crippen LogP contribution in [-0.2, 0) is 29.7 Å². The zero-order valence-electron chi connectivity index (χ0n) is 57.0. The van der Waals surface area contributed by atoms with E-state index in [1.807, 2.05) is 237 Å². The molecule has 0 aromatic heterocycles. The molecule has 0 radical (unpaired) electrons. The van der Waals surface area contributed by atoms with E-state index in [2.05, 4.69) is 32.1 Å². The molecule has 4 aliphatic rings. The van der Waals surface area contributed by atoms with Crippen LogP contribution in [0.4, 0.5) is 17.6 Å². The number of rotatable bonds is 21. The van der Waals surface area contributed by atoms with Gasteiger partial charge in [-0.25, -0.2) is 37.5 Å². The number of thioether (sulfide) groups is 4. The average molecular weight is 1700 g/mol. The van der Waals surface area contributed by atoms with Crippen LogP contribution in [0.1, 0.15) is 88.0 Å². The molecule has 556 valence electrons. The molecule has 0 amide bonds. The quantitative estimate of drug-likeness (QED) is 0.0302. The summed E-state index contributed by atoms with van der Waals surface area (Å²) in [6.07, 6.45) is 5.45. The number of nitrogens with two attached hydrogens (primary N) is 1. The van der Waals surface area contributed by atoms with Crippen LogP contribution < -0.4 is 5.73 Å². The van der Waals surface area contributed by atoms with Gasteiger partial charge in [-0.3, -0.25) is 4.21 Å². The Balaban J connectivity index is 0.000000182. The SMILES string of the molecule is C.CS(=O)c1ccc([C@H]2OC(c3ccccc3)=N[C@@H]2CF)cc1.CSc1ccc([C@@H](O)[C@H](N)CO)cc1.CSc1ccc([C@H]2OC(c3ccccc3)=N[C@@H]2CF)cc1.CSc1ccc([C@H]2OC(c3ccccc3)=N[C@@H]2CO)cc1.FCSc1ccc([C@H]2OC(c3ccccc3)=N[C@@H]2CF)cc1.[Cl][Sb]([Cl])[Cl]. The number of alkyl halides is 4. The van der Waals surface area contributed by atoms with Crippen molar-refractivity contribution in [2.75, 3.05) is 64.3 Å². The Morgan fingerprint density at radius 1 is 0.448 bits per heavy atom. The number of hydrogen-bond donors (Lipinski definition) is 4. The van der Waals surface area contributed by atoms with Crippen LogP contribution >= 0.6 is 73.5 Å². The predicted molar refractivity (Wildman–Crippen MR) is 429 cm³/mol. The molecule has 13 nitrogen and oxygen atoms in total. The van der Waals surface area contributed by atoms with Gasteiger partial charge in [0, 0.05) is 63.8 Å². The van der Waals surface area contributed by atoms with Crippen LogP contribution in [0.3, 0.4) is 0 Å². The Labute approximate surface area is 650 Å². The fraction of sp³-hybridized carbons (Fsp3) is 0.266. The predicted octanol–water partition coefficient (Wildman–Crippen LogP) is 18.5. The van der Waals surface area contributed by atoms with Crippen molar-refractivity contribution in [2.45, 2.75) is 92.6 Å². The van der Waals surface area contributed by atoms with Crippen molar-refractivity contribution >= 4 is 125 Å². The minimum absolute atomic E-state index is 0. The normalized spacial score (nSPS) is 19.7. The van der Waals surface area contributed by atoms with Crippen molar-refractivity contribution in [3.8, 4) is 0 Å². The van der Waals surface area contributed by atoms with Gasteiger partial charge in [0.2, 0.25) is 23.6 Å². The van der Waals surface area contributed by atoms with Crippen LogP contribution in [0.25, 0.3) is 0 Å². The van der Waals surface area contributed by atoms with Crippen molar-refractivity contribution in [2.24, 2.45) is 25.7 Å². The van der Waals surface area contributed by atoms with Crippen LogP contribution in [0.5, 0.6) is 0 Å². The molecule has 9 aromatic rings. The first-order chi connectivity index (χ1) is 50.5. The third-order valence-electron chi connectivity index (χ3n) is 16.2. The van der Waals surface area contributed by atoms with Gasteiger partial charge in [-0.15, -0.1) is 35.3 Å². The van der Waals surface area contributed by atoms with E-state index in [-0.39, 0.29) is 38.9 Å². The number of halogens is 7. The second-order valence-corrected chi connectivity index (χ2v) is 39.3. The average Bonchev–Trinajstić information content (AvgIpc) is 1.64. The monoisotopic (exact) mass is 1690 g/mol. The molecular formula is C79H83Cl3F4N5O8S5Sb. The summed E-state index contributed by atoms with van der Waals surface area (Å²) in [6, 6.07) is 73.8. The van der Waals surface area contributed by atoms with Gasteiger partial charge in [-0.05, 0) is 156 Å². The van der Waals surface area contributed by atoms with E-state index >= 15 is 0 Å². The van der Waals surface area contributed by atoms with Gasteiger partial charge in [-0.2, -0.15) is 0 Å². The molecule has 5 N–H and O–H groups in total. The summed E-state index contributed by atoms with van der Waals surface area (Å²) in [5.74, 6) is 2.07. The van der Waals surface area contributed by atoms with E-state index in [1.54, 1.807) is 53.7 Å². The van der Waals surface area contributed by atoms with Gasteiger partial charge in [0.15, 0.2) is 24.4 Å².